The monoisotopic (exact) mass is 304 g/mol. The average molecular weight is 304 g/mol. The predicted octanol–water partition coefficient (Wildman–Crippen LogP) is 2.20. The zero-order valence-corrected chi connectivity index (χ0v) is 12.0. The van der Waals surface area contributed by atoms with E-state index in [9.17, 15) is 18.0 Å². The molecular formula is C14H19F3N2O2. The SMILES string of the molecule is CCN(Cc1ccc(OC)cc1)C(=O)CNCC(F)(F)F. The molecule has 0 bridgehead atoms. The molecule has 0 aliphatic carbocycles. The third kappa shape index (κ3) is 6.48. The van der Waals surface area contributed by atoms with Crippen LogP contribution in [0.3, 0.4) is 0 Å². The van der Waals surface area contributed by atoms with Gasteiger partial charge in [-0.1, -0.05) is 12.1 Å². The second-order valence-corrected chi connectivity index (χ2v) is 4.47. The van der Waals surface area contributed by atoms with Gasteiger partial charge in [-0.25, -0.2) is 0 Å². The molecule has 0 aliphatic heterocycles. The number of benzene rings is 1. The Labute approximate surface area is 121 Å². The Kier molecular flexibility index (Phi) is 6.48. The fraction of sp³-hybridized carbons (Fsp3) is 0.500. The van der Waals surface area contributed by atoms with Gasteiger partial charge in [0.05, 0.1) is 20.2 Å². The molecule has 0 heterocycles. The summed E-state index contributed by atoms with van der Waals surface area (Å²) in [6.07, 6.45) is -4.31. The zero-order valence-electron chi connectivity index (χ0n) is 12.0. The van der Waals surface area contributed by atoms with Crippen molar-refractivity contribution in [2.45, 2.75) is 19.6 Å². The van der Waals surface area contributed by atoms with Crippen LogP contribution in [0.4, 0.5) is 13.2 Å². The van der Waals surface area contributed by atoms with Gasteiger partial charge in [0.2, 0.25) is 5.91 Å². The van der Waals surface area contributed by atoms with Crippen molar-refractivity contribution in [3.05, 3.63) is 29.8 Å². The number of ether oxygens (including phenoxy) is 1. The molecule has 1 rings (SSSR count). The number of carbonyl (C=O) groups excluding carboxylic acids is 1. The third-order valence-corrected chi connectivity index (χ3v) is 2.87. The van der Waals surface area contributed by atoms with Gasteiger partial charge in [-0.05, 0) is 24.6 Å². The fourth-order valence-electron chi connectivity index (χ4n) is 1.75. The minimum atomic E-state index is -4.31. The van der Waals surface area contributed by atoms with Crippen LogP contribution in [-0.2, 0) is 11.3 Å². The van der Waals surface area contributed by atoms with Crippen molar-refractivity contribution in [1.29, 1.82) is 0 Å². The van der Waals surface area contributed by atoms with E-state index in [-0.39, 0.29) is 12.5 Å². The second kappa shape index (κ2) is 7.87. The normalized spacial score (nSPS) is 11.3. The minimum absolute atomic E-state index is 0.330. The smallest absolute Gasteiger partial charge is 0.401 e. The van der Waals surface area contributed by atoms with Crippen molar-refractivity contribution < 1.29 is 22.7 Å². The number of likely N-dealkylation sites (N-methyl/N-ethyl adjacent to an activating group) is 1. The number of carbonyl (C=O) groups is 1. The number of halogens is 3. The number of nitrogens with one attached hydrogen (secondary N) is 1. The molecule has 1 aromatic rings. The standard InChI is InChI=1S/C14H19F3N2O2/c1-3-19(13(20)8-18-10-14(15,16)17)9-11-4-6-12(21-2)7-5-11/h4-7,18H,3,8-10H2,1-2H3. The molecule has 0 aromatic heterocycles. The van der Waals surface area contributed by atoms with E-state index >= 15 is 0 Å². The molecule has 7 heteroatoms. The Morgan fingerprint density at radius 3 is 2.38 bits per heavy atom. The highest BCUT2D eigenvalue weighted by Gasteiger charge is 2.26. The lowest BCUT2D eigenvalue weighted by Gasteiger charge is -2.21. The third-order valence-electron chi connectivity index (χ3n) is 2.87. The first-order valence-corrected chi connectivity index (χ1v) is 6.54. The van der Waals surface area contributed by atoms with E-state index in [0.29, 0.717) is 18.8 Å². The molecule has 118 valence electrons. The molecule has 0 atom stereocenters. The summed E-state index contributed by atoms with van der Waals surface area (Å²) in [4.78, 5) is 13.4. The van der Waals surface area contributed by atoms with Crippen molar-refractivity contribution in [2.24, 2.45) is 0 Å². The maximum atomic E-state index is 12.0. The van der Waals surface area contributed by atoms with E-state index in [1.807, 2.05) is 12.1 Å². The van der Waals surface area contributed by atoms with Crippen LogP contribution in [0.1, 0.15) is 12.5 Å². The Hall–Kier alpha value is -1.76. The van der Waals surface area contributed by atoms with Crippen molar-refractivity contribution >= 4 is 5.91 Å². The number of rotatable bonds is 7. The van der Waals surface area contributed by atoms with Gasteiger partial charge in [0.25, 0.3) is 0 Å². The number of methoxy groups -OCH3 is 1. The maximum Gasteiger partial charge on any atom is 0.401 e. The number of amides is 1. The molecule has 1 N–H and O–H groups in total. The van der Waals surface area contributed by atoms with Gasteiger partial charge in [-0.2, -0.15) is 13.2 Å². The molecule has 4 nitrogen and oxygen atoms in total. The van der Waals surface area contributed by atoms with Crippen LogP contribution >= 0.6 is 0 Å². The minimum Gasteiger partial charge on any atom is -0.497 e. The molecule has 1 amide bonds. The molecular weight excluding hydrogens is 285 g/mol. The molecule has 0 aliphatic rings. The summed E-state index contributed by atoms with van der Waals surface area (Å²) in [6.45, 7) is 1.07. The van der Waals surface area contributed by atoms with Crippen LogP contribution in [0.5, 0.6) is 5.75 Å². The predicted molar refractivity (Wildman–Crippen MR) is 73.0 cm³/mol. The van der Waals surface area contributed by atoms with Crippen molar-refractivity contribution in [2.75, 3.05) is 26.7 Å². The van der Waals surface area contributed by atoms with Gasteiger partial charge >= 0.3 is 6.18 Å². The first kappa shape index (κ1) is 17.3. The summed E-state index contributed by atoms with van der Waals surface area (Å²) in [5, 5.41) is 2.11. The first-order valence-electron chi connectivity index (χ1n) is 6.54. The van der Waals surface area contributed by atoms with Gasteiger partial charge in [-0.3, -0.25) is 4.79 Å². The zero-order chi connectivity index (χ0) is 15.9. The van der Waals surface area contributed by atoms with Gasteiger partial charge in [-0.15, -0.1) is 0 Å². The summed E-state index contributed by atoms with van der Waals surface area (Å²) in [5.74, 6) is 0.345. The second-order valence-electron chi connectivity index (χ2n) is 4.47. The largest absolute Gasteiger partial charge is 0.497 e. The average Bonchev–Trinajstić information content (AvgIpc) is 2.43. The molecule has 0 saturated carbocycles. The summed E-state index contributed by atoms with van der Waals surface area (Å²) in [7, 11) is 1.56. The lowest BCUT2D eigenvalue weighted by Crippen LogP contribution is -2.40. The highest BCUT2D eigenvalue weighted by Crippen LogP contribution is 2.14. The van der Waals surface area contributed by atoms with Gasteiger partial charge in [0.1, 0.15) is 5.75 Å². The Balaban J connectivity index is 2.51. The summed E-state index contributed by atoms with van der Waals surface area (Å²) < 4.78 is 41.1. The van der Waals surface area contributed by atoms with Crippen LogP contribution in [0.2, 0.25) is 0 Å². The molecule has 0 spiro atoms. The van der Waals surface area contributed by atoms with E-state index < -0.39 is 12.7 Å². The van der Waals surface area contributed by atoms with Gasteiger partial charge in [0.15, 0.2) is 0 Å². The van der Waals surface area contributed by atoms with E-state index in [1.165, 1.54) is 4.90 Å². The molecule has 0 saturated heterocycles. The molecule has 0 unspecified atom stereocenters. The van der Waals surface area contributed by atoms with Crippen LogP contribution in [-0.4, -0.2) is 43.7 Å². The topological polar surface area (TPSA) is 41.6 Å². The Morgan fingerprint density at radius 2 is 1.90 bits per heavy atom. The summed E-state index contributed by atoms with van der Waals surface area (Å²) in [6, 6.07) is 7.18. The van der Waals surface area contributed by atoms with Gasteiger partial charge < -0.3 is 15.0 Å². The number of alkyl halides is 3. The van der Waals surface area contributed by atoms with Crippen LogP contribution in [0, 0.1) is 0 Å². The molecule has 1 aromatic carbocycles. The van der Waals surface area contributed by atoms with Crippen LogP contribution in [0.15, 0.2) is 24.3 Å². The number of hydrogen-bond acceptors (Lipinski definition) is 3. The van der Waals surface area contributed by atoms with Crippen molar-refractivity contribution in [3.63, 3.8) is 0 Å². The lowest BCUT2D eigenvalue weighted by atomic mass is 10.2. The van der Waals surface area contributed by atoms with Gasteiger partial charge in [0, 0.05) is 13.1 Å². The summed E-state index contributed by atoms with van der Waals surface area (Å²) in [5.41, 5.74) is 0.891. The molecule has 21 heavy (non-hydrogen) atoms. The van der Waals surface area contributed by atoms with E-state index in [4.69, 9.17) is 4.74 Å². The summed E-state index contributed by atoms with van der Waals surface area (Å²) >= 11 is 0. The van der Waals surface area contributed by atoms with E-state index in [0.717, 1.165) is 5.56 Å². The highest BCUT2D eigenvalue weighted by molar-refractivity contribution is 5.78. The van der Waals surface area contributed by atoms with E-state index in [2.05, 4.69) is 5.32 Å². The maximum absolute atomic E-state index is 12.0. The Bertz CT molecular complexity index is 447. The highest BCUT2D eigenvalue weighted by atomic mass is 19.4. The number of hydrogen-bond donors (Lipinski definition) is 1. The number of nitrogens with zero attached hydrogens (tertiary/aromatic N) is 1. The van der Waals surface area contributed by atoms with Crippen LogP contribution < -0.4 is 10.1 Å². The fourth-order valence-corrected chi connectivity index (χ4v) is 1.75. The van der Waals surface area contributed by atoms with Crippen molar-refractivity contribution in [3.8, 4) is 5.75 Å². The van der Waals surface area contributed by atoms with Crippen LogP contribution in [0.25, 0.3) is 0 Å². The first-order chi connectivity index (χ1) is 9.85. The molecule has 0 radical (unpaired) electrons. The quantitative estimate of drug-likeness (QED) is 0.839. The van der Waals surface area contributed by atoms with E-state index in [1.54, 1.807) is 26.2 Å². The lowest BCUT2D eigenvalue weighted by molar-refractivity contribution is -0.134. The molecule has 0 fully saturated rings. The van der Waals surface area contributed by atoms with Crippen molar-refractivity contribution in [1.82, 2.24) is 10.2 Å². The Morgan fingerprint density at radius 1 is 1.29 bits per heavy atom.